The predicted octanol–water partition coefficient (Wildman–Crippen LogP) is 2.12. The Kier molecular flexibility index (Phi) is 3.81. The Bertz CT molecular complexity index is 447. The fourth-order valence-corrected chi connectivity index (χ4v) is 1.87. The molecule has 0 radical (unpaired) electrons. The summed E-state index contributed by atoms with van der Waals surface area (Å²) in [5, 5.41) is 11.5. The number of hydrogen-bond acceptors (Lipinski definition) is 2. The molecule has 4 nitrogen and oxygen atoms in total. The number of aliphatic hydroxyl groups excluding tert-OH is 1. The van der Waals surface area contributed by atoms with Gasteiger partial charge in [0.25, 0.3) is 0 Å². The highest BCUT2D eigenvalue weighted by Gasteiger charge is 2.32. The summed E-state index contributed by atoms with van der Waals surface area (Å²) in [6, 6.07) is 4.41. The minimum atomic E-state index is -0.450. The van der Waals surface area contributed by atoms with Crippen molar-refractivity contribution < 1.29 is 14.3 Å². The smallest absolute Gasteiger partial charge is 0.322 e. The van der Waals surface area contributed by atoms with Crippen LogP contribution in [0.25, 0.3) is 0 Å². The van der Waals surface area contributed by atoms with E-state index in [-0.39, 0.29) is 30.9 Å². The largest absolute Gasteiger partial charge is 0.395 e. The third-order valence-electron chi connectivity index (χ3n) is 2.95. The normalized spacial score (nSPS) is 14.4. The van der Waals surface area contributed by atoms with Gasteiger partial charge in [-0.3, -0.25) is 0 Å². The molecule has 0 heterocycles. The molecular formula is C13H17FN2O2. The summed E-state index contributed by atoms with van der Waals surface area (Å²) in [6.45, 7) is 2.03. The molecule has 1 aliphatic carbocycles. The predicted molar refractivity (Wildman–Crippen MR) is 67.0 cm³/mol. The highest BCUT2D eigenvalue weighted by molar-refractivity contribution is 5.90. The molecule has 1 aliphatic rings. The van der Waals surface area contributed by atoms with E-state index in [1.54, 1.807) is 17.0 Å². The molecule has 98 valence electrons. The van der Waals surface area contributed by atoms with E-state index < -0.39 is 5.82 Å². The van der Waals surface area contributed by atoms with E-state index in [2.05, 4.69) is 5.32 Å². The number of urea groups is 1. The van der Waals surface area contributed by atoms with Crippen molar-refractivity contribution in [2.24, 2.45) is 0 Å². The third-order valence-corrected chi connectivity index (χ3v) is 2.95. The topological polar surface area (TPSA) is 52.6 Å². The zero-order chi connectivity index (χ0) is 13.1. The van der Waals surface area contributed by atoms with E-state index in [1.807, 2.05) is 6.92 Å². The lowest BCUT2D eigenvalue weighted by atomic mass is 10.2. The molecule has 0 atom stereocenters. The SMILES string of the molecule is Cc1ccc(F)c(NC(=O)N(CCO)C2CC2)c1. The molecule has 2 rings (SSSR count). The van der Waals surface area contributed by atoms with Crippen LogP contribution in [0.5, 0.6) is 0 Å². The molecule has 1 fully saturated rings. The summed E-state index contributed by atoms with van der Waals surface area (Å²) < 4.78 is 13.5. The van der Waals surface area contributed by atoms with E-state index >= 15 is 0 Å². The molecule has 2 amide bonds. The van der Waals surface area contributed by atoms with Crippen LogP contribution in [0.4, 0.5) is 14.9 Å². The summed E-state index contributed by atoms with van der Waals surface area (Å²) in [5.41, 5.74) is 1.07. The van der Waals surface area contributed by atoms with Crippen molar-refractivity contribution in [2.75, 3.05) is 18.5 Å². The first-order chi connectivity index (χ1) is 8.61. The van der Waals surface area contributed by atoms with Crippen LogP contribution in [-0.2, 0) is 0 Å². The van der Waals surface area contributed by atoms with Crippen LogP contribution in [0, 0.1) is 12.7 Å². The van der Waals surface area contributed by atoms with Gasteiger partial charge in [-0.25, -0.2) is 9.18 Å². The van der Waals surface area contributed by atoms with Gasteiger partial charge in [0.2, 0.25) is 0 Å². The molecule has 18 heavy (non-hydrogen) atoms. The molecule has 5 heteroatoms. The van der Waals surface area contributed by atoms with Crippen LogP contribution in [0.3, 0.4) is 0 Å². The Morgan fingerprint density at radius 3 is 2.89 bits per heavy atom. The van der Waals surface area contributed by atoms with Crippen LogP contribution in [-0.4, -0.2) is 35.2 Å². The van der Waals surface area contributed by atoms with Crippen molar-refractivity contribution in [2.45, 2.75) is 25.8 Å². The van der Waals surface area contributed by atoms with Gasteiger partial charge < -0.3 is 15.3 Å². The minimum Gasteiger partial charge on any atom is -0.395 e. The zero-order valence-corrected chi connectivity index (χ0v) is 10.3. The number of anilines is 1. The highest BCUT2D eigenvalue weighted by atomic mass is 19.1. The first kappa shape index (κ1) is 12.8. The number of carbonyl (C=O) groups excluding carboxylic acids is 1. The van der Waals surface area contributed by atoms with Gasteiger partial charge in [0, 0.05) is 12.6 Å². The summed E-state index contributed by atoms with van der Waals surface area (Å²) >= 11 is 0. The Morgan fingerprint density at radius 1 is 1.56 bits per heavy atom. The third kappa shape index (κ3) is 2.98. The number of carbonyl (C=O) groups is 1. The average molecular weight is 252 g/mol. The standard InChI is InChI=1S/C13H17FN2O2/c1-9-2-5-11(14)12(8-9)15-13(18)16(6-7-17)10-3-4-10/h2,5,8,10,17H,3-4,6-7H2,1H3,(H,15,18). The van der Waals surface area contributed by atoms with Gasteiger partial charge in [0.1, 0.15) is 5.82 Å². The second kappa shape index (κ2) is 5.35. The summed E-state index contributed by atoms with van der Waals surface area (Å²) in [7, 11) is 0. The molecule has 1 aromatic carbocycles. The van der Waals surface area contributed by atoms with Crippen molar-refractivity contribution in [1.82, 2.24) is 4.90 Å². The molecule has 0 spiro atoms. The molecular weight excluding hydrogens is 235 g/mol. The lowest BCUT2D eigenvalue weighted by Crippen LogP contribution is -2.38. The maximum atomic E-state index is 13.5. The second-order valence-electron chi connectivity index (χ2n) is 4.56. The van der Waals surface area contributed by atoms with Crippen LogP contribution in [0.1, 0.15) is 18.4 Å². The first-order valence-electron chi connectivity index (χ1n) is 6.06. The molecule has 0 bridgehead atoms. The molecule has 0 aromatic heterocycles. The van der Waals surface area contributed by atoms with E-state index in [0.29, 0.717) is 0 Å². The molecule has 0 saturated heterocycles. The van der Waals surface area contributed by atoms with Crippen LogP contribution in [0.2, 0.25) is 0 Å². The Labute approximate surface area is 105 Å². The van der Waals surface area contributed by atoms with E-state index in [4.69, 9.17) is 5.11 Å². The van der Waals surface area contributed by atoms with Crippen LogP contribution < -0.4 is 5.32 Å². The number of nitrogens with zero attached hydrogens (tertiary/aromatic N) is 1. The lowest BCUT2D eigenvalue weighted by Gasteiger charge is -2.22. The van der Waals surface area contributed by atoms with E-state index in [1.165, 1.54) is 6.07 Å². The number of benzene rings is 1. The highest BCUT2D eigenvalue weighted by Crippen LogP contribution is 2.27. The van der Waals surface area contributed by atoms with Gasteiger partial charge >= 0.3 is 6.03 Å². The van der Waals surface area contributed by atoms with E-state index in [9.17, 15) is 9.18 Å². The first-order valence-corrected chi connectivity index (χ1v) is 6.06. The molecule has 0 aliphatic heterocycles. The Balaban J connectivity index is 2.07. The Hall–Kier alpha value is -1.62. The van der Waals surface area contributed by atoms with Crippen molar-refractivity contribution in [3.8, 4) is 0 Å². The van der Waals surface area contributed by atoms with Gasteiger partial charge in [-0.05, 0) is 37.5 Å². The fourth-order valence-electron chi connectivity index (χ4n) is 1.87. The molecule has 1 aromatic rings. The maximum absolute atomic E-state index is 13.5. The molecule has 0 unspecified atom stereocenters. The van der Waals surface area contributed by atoms with Crippen molar-refractivity contribution in [1.29, 1.82) is 0 Å². The number of amides is 2. The number of aryl methyl sites for hydroxylation is 1. The number of rotatable bonds is 4. The second-order valence-corrected chi connectivity index (χ2v) is 4.56. The molecule has 1 saturated carbocycles. The van der Waals surface area contributed by atoms with Gasteiger partial charge in [-0.15, -0.1) is 0 Å². The number of nitrogens with one attached hydrogen (secondary N) is 1. The van der Waals surface area contributed by atoms with Gasteiger partial charge in [0.05, 0.1) is 12.3 Å². The van der Waals surface area contributed by atoms with Gasteiger partial charge in [-0.1, -0.05) is 6.07 Å². The summed E-state index contributed by atoms with van der Waals surface area (Å²) in [5.74, 6) is -0.450. The van der Waals surface area contributed by atoms with Crippen LogP contribution >= 0.6 is 0 Å². The minimum absolute atomic E-state index is 0.0831. The summed E-state index contributed by atoms with van der Waals surface area (Å²) in [4.78, 5) is 13.5. The van der Waals surface area contributed by atoms with Crippen molar-refractivity contribution in [3.63, 3.8) is 0 Å². The number of aliphatic hydroxyl groups is 1. The quantitative estimate of drug-likeness (QED) is 0.862. The lowest BCUT2D eigenvalue weighted by molar-refractivity contribution is 0.185. The van der Waals surface area contributed by atoms with Crippen molar-refractivity contribution in [3.05, 3.63) is 29.6 Å². The fraction of sp³-hybridized carbons (Fsp3) is 0.462. The average Bonchev–Trinajstić information content (AvgIpc) is 3.14. The Morgan fingerprint density at radius 2 is 2.28 bits per heavy atom. The zero-order valence-electron chi connectivity index (χ0n) is 10.3. The van der Waals surface area contributed by atoms with Crippen molar-refractivity contribution >= 4 is 11.7 Å². The maximum Gasteiger partial charge on any atom is 0.322 e. The molecule has 2 N–H and O–H groups in total. The monoisotopic (exact) mass is 252 g/mol. The van der Waals surface area contributed by atoms with Gasteiger partial charge in [0.15, 0.2) is 0 Å². The van der Waals surface area contributed by atoms with Gasteiger partial charge in [-0.2, -0.15) is 0 Å². The number of halogens is 1. The summed E-state index contributed by atoms with van der Waals surface area (Å²) in [6.07, 6.45) is 1.90. The number of hydrogen-bond donors (Lipinski definition) is 2. The van der Waals surface area contributed by atoms with E-state index in [0.717, 1.165) is 18.4 Å². The van der Waals surface area contributed by atoms with Crippen LogP contribution in [0.15, 0.2) is 18.2 Å².